The second-order valence-electron chi connectivity index (χ2n) is 11.6. The second kappa shape index (κ2) is 12.5. The van der Waals surface area contributed by atoms with Gasteiger partial charge in [-0.1, -0.05) is 6.92 Å². The maximum atomic E-state index is 13.0. The Kier molecular flexibility index (Phi) is 8.87. The van der Waals surface area contributed by atoms with E-state index in [4.69, 9.17) is 14.6 Å². The first-order valence-electron chi connectivity index (χ1n) is 14.8. The van der Waals surface area contributed by atoms with Gasteiger partial charge in [0.1, 0.15) is 5.78 Å². The first-order valence-corrected chi connectivity index (χ1v) is 14.8. The molecule has 4 heterocycles. The molecule has 3 aliphatic rings. The van der Waals surface area contributed by atoms with E-state index in [2.05, 4.69) is 5.32 Å². The Bertz CT molecular complexity index is 1290. The van der Waals surface area contributed by atoms with Crippen LogP contribution in [0.25, 0.3) is 0 Å². The van der Waals surface area contributed by atoms with Crippen molar-refractivity contribution in [2.45, 2.75) is 65.3 Å². The van der Waals surface area contributed by atoms with Crippen molar-refractivity contribution >= 4 is 23.6 Å². The molecule has 220 valence electrons. The van der Waals surface area contributed by atoms with Gasteiger partial charge in [0.05, 0.1) is 29.1 Å². The summed E-state index contributed by atoms with van der Waals surface area (Å²) in [5.74, 6) is -0.370. The largest absolute Gasteiger partial charge is 0.462 e. The third kappa shape index (κ3) is 6.37. The Balaban J connectivity index is 1.15. The average molecular weight is 565 g/mol. The van der Waals surface area contributed by atoms with Crippen molar-refractivity contribution in [3.63, 3.8) is 0 Å². The lowest BCUT2D eigenvalue weighted by Crippen LogP contribution is -2.40. The summed E-state index contributed by atoms with van der Waals surface area (Å²) < 4.78 is 13.1. The average Bonchev–Trinajstić information content (AvgIpc) is 3.27. The van der Waals surface area contributed by atoms with Crippen molar-refractivity contribution in [1.82, 2.24) is 20.0 Å². The van der Waals surface area contributed by atoms with Gasteiger partial charge in [-0.2, -0.15) is 5.10 Å². The van der Waals surface area contributed by atoms with Gasteiger partial charge in [0.2, 0.25) is 0 Å². The van der Waals surface area contributed by atoms with Gasteiger partial charge in [0, 0.05) is 57.3 Å². The van der Waals surface area contributed by atoms with E-state index in [0.29, 0.717) is 81.8 Å². The topological polar surface area (TPSA) is 120 Å². The van der Waals surface area contributed by atoms with Gasteiger partial charge in [-0.25, -0.2) is 4.79 Å². The highest BCUT2D eigenvalue weighted by Crippen LogP contribution is 2.37. The number of esters is 1. The van der Waals surface area contributed by atoms with Crippen LogP contribution in [0.1, 0.15) is 88.4 Å². The van der Waals surface area contributed by atoms with Gasteiger partial charge in [0.15, 0.2) is 0 Å². The summed E-state index contributed by atoms with van der Waals surface area (Å²) in [7, 11) is 0. The smallest absolute Gasteiger partial charge is 0.338 e. The molecule has 0 atom stereocenters. The number of likely N-dealkylation sites (tertiary alicyclic amines) is 1. The molecular weight excluding hydrogens is 524 g/mol. The molecule has 2 fully saturated rings. The molecule has 2 saturated heterocycles. The molecule has 1 spiro atoms. The van der Waals surface area contributed by atoms with E-state index < -0.39 is 5.97 Å². The zero-order valence-corrected chi connectivity index (χ0v) is 24.1. The lowest BCUT2D eigenvalue weighted by atomic mass is 9.76. The van der Waals surface area contributed by atoms with Crippen LogP contribution in [-0.4, -0.2) is 77.7 Å². The van der Waals surface area contributed by atoms with E-state index >= 15 is 0 Å². The molecule has 1 aromatic carbocycles. The molecule has 41 heavy (non-hydrogen) atoms. The van der Waals surface area contributed by atoms with Crippen molar-refractivity contribution in [2.75, 3.05) is 39.5 Å². The lowest BCUT2D eigenvalue weighted by Gasteiger charge is -2.36. The van der Waals surface area contributed by atoms with Crippen LogP contribution >= 0.6 is 0 Å². The third-order valence-electron chi connectivity index (χ3n) is 8.88. The number of nitrogens with zero attached hydrogens (tertiary/aromatic N) is 3. The summed E-state index contributed by atoms with van der Waals surface area (Å²) in [4.78, 5) is 51.9. The zero-order valence-electron chi connectivity index (χ0n) is 24.1. The van der Waals surface area contributed by atoms with Gasteiger partial charge in [-0.3, -0.25) is 19.1 Å². The van der Waals surface area contributed by atoms with Gasteiger partial charge < -0.3 is 19.7 Å². The van der Waals surface area contributed by atoms with Crippen LogP contribution in [0.15, 0.2) is 24.3 Å². The molecular formula is C31H40N4O6. The molecule has 3 aliphatic heterocycles. The number of amides is 2. The first-order chi connectivity index (χ1) is 19.8. The maximum absolute atomic E-state index is 13.0. The third-order valence-corrected chi connectivity index (χ3v) is 8.88. The summed E-state index contributed by atoms with van der Waals surface area (Å²) in [6.07, 6.45) is 5.19. The number of nitrogens with one attached hydrogen (secondary N) is 1. The molecule has 0 bridgehead atoms. The fraction of sp³-hybridized carbons (Fsp3) is 0.581. The Morgan fingerprint density at radius 3 is 2.44 bits per heavy atom. The number of ketones is 1. The normalized spacial score (nSPS) is 18.9. The molecule has 0 saturated carbocycles. The highest BCUT2D eigenvalue weighted by molar-refractivity contribution is 5.97. The van der Waals surface area contributed by atoms with Crippen molar-refractivity contribution < 1.29 is 28.7 Å². The van der Waals surface area contributed by atoms with E-state index in [1.165, 1.54) is 0 Å². The van der Waals surface area contributed by atoms with Crippen LogP contribution in [-0.2, 0) is 33.7 Å². The number of carbonyl (C=O) groups is 4. The van der Waals surface area contributed by atoms with Crippen molar-refractivity contribution in [2.24, 2.45) is 11.3 Å². The van der Waals surface area contributed by atoms with Crippen molar-refractivity contribution in [3.8, 4) is 0 Å². The van der Waals surface area contributed by atoms with E-state index in [0.717, 1.165) is 30.7 Å². The number of aryl methyl sites for hydroxylation is 2. The highest BCUT2D eigenvalue weighted by atomic mass is 16.5. The number of hydrogen-bond acceptors (Lipinski definition) is 7. The van der Waals surface area contributed by atoms with E-state index in [1.807, 2.05) is 11.6 Å². The number of ether oxygens (including phenoxy) is 2. The van der Waals surface area contributed by atoms with Crippen LogP contribution in [0.5, 0.6) is 0 Å². The monoisotopic (exact) mass is 564 g/mol. The Hall–Kier alpha value is -3.53. The Morgan fingerprint density at radius 1 is 1.10 bits per heavy atom. The molecule has 2 aromatic rings. The van der Waals surface area contributed by atoms with Crippen LogP contribution in [0.4, 0.5) is 0 Å². The Morgan fingerprint density at radius 2 is 1.78 bits per heavy atom. The minimum atomic E-state index is -0.444. The summed E-state index contributed by atoms with van der Waals surface area (Å²) in [6, 6.07) is 6.53. The fourth-order valence-corrected chi connectivity index (χ4v) is 6.24. The molecule has 10 nitrogen and oxygen atoms in total. The molecule has 1 aromatic heterocycles. The molecule has 2 amide bonds. The number of Topliss-reactive ketones (excluding diaryl/α,β-unsaturated/α-hetero) is 1. The number of rotatable bonds is 8. The molecule has 5 rings (SSSR count). The number of aromatic nitrogens is 2. The molecule has 0 radical (unpaired) electrons. The summed E-state index contributed by atoms with van der Waals surface area (Å²) >= 11 is 0. The van der Waals surface area contributed by atoms with Crippen molar-refractivity contribution in [3.05, 3.63) is 52.3 Å². The number of benzene rings is 1. The van der Waals surface area contributed by atoms with Crippen LogP contribution in [0.3, 0.4) is 0 Å². The SMILES string of the molecule is CCc1nn(CCCOC(=O)c2ccc(C(=O)N3CCC(C(C)=O)CC3)cc2)c2c1C(=O)NCC1(CCOCC1)C2. The number of carbonyl (C=O) groups excluding carboxylic acids is 4. The van der Waals surface area contributed by atoms with Crippen LogP contribution in [0, 0.1) is 11.3 Å². The number of fused-ring (bicyclic) bond motifs is 1. The van der Waals surface area contributed by atoms with Gasteiger partial charge in [-0.15, -0.1) is 0 Å². The lowest BCUT2D eigenvalue weighted by molar-refractivity contribution is -0.121. The molecule has 0 aliphatic carbocycles. The van der Waals surface area contributed by atoms with E-state index in [-0.39, 0.29) is 35.5 Å². The van der Waals surface area contributed by atoms with Gasteiger partial charge in [0.25, 0.3) is 11.8 Å². The maximum Gasteiger partial charge on any atom is 0.338 e. The summed E-state index contributed by atoms with van der Waals surface area (Å²) in [6.45, 7) is 7.54. The number of hydrogen-bond donors (Lipinski definition) is 1. The first kappa shape index (κ1) is 29.0. The van der Waals surface area contributed by atoms with E-state index in [9.17, 15) is 19.2 Å². The quantitative estimate of drug-likeness (QED) is 0.386. The summed E-state index contributed by atoms with van der Waals surface area (Å²) in [5, 5.41) is 7.90. The molecule has 0 unspecified atom stereocenters. The minimum absolute atomic E-state index is 0.0209. The van der Waals surface area contributed by atoms with Gasteiger partial charge in [-0.05, 0) is 75.1 Å². The summed E-state index contributed by atoms with van der Waals surface area (Å²) in [5.41, 5.74) is 3.35. The fourth-order valence-electron chi connectivity index (χ4n) is 6.24. The standard InChI is InChI=1S/C31H40N4O6/c1-3-25-27-26(19-31(20-32-28(27)37)11-17-40-18-12-31)35(33-25)13-4-16-41-30(39)24-7-5-23(6-8-24)29(38)34-14-9-22(10-15-34)21(2)36/h5-8,22H,3-4,9-20H2,1-2H3,(H,32,37). The predicted octanol–water partition coefficient (Wildman–Crippen LogP) is 3.22. The molecule has 1 N–H and O–H groups in total. The van der Waals surface area contributed by atoms with Gasteiger partial charge >= 0.3 is 5.97 Å². The van der Waals surface area contributed by atoms with Crippen molar-refractivity contribution in [1.29, 1.82) is 0 Å². The van der Waals surface area contributed by atoms with Crippen LogP contribution in [0.2, 0.25) is 0 Å². The molecule has 10 heteroatoms. The zero-order chi connectivity index (χ0) is 29.0. The minimum Gasteiger partial charge on any atom is -0.462 e. The highest BCUT2D eigenvalue weighted by Gasteiger charge is 2.39. The van der Waals surface area contributed by atoms with Crippen LogP contribution < -0.4 is 5.32 Å². The second-order valence-corrected chi connectivity index (χ2v) is 11.6. The predicted molar refractivity (Wildman–Crippen MR) is 151 cm³/mol. The number of piperidine rings is 1. The Labute approximate surface area is 240 Å². The van der Waals surface area contributed by atoms with E-state index in [1.54, 1.807) is 36.1 Å².